The van der Waals surface area contributed by atoms with Crippen molar-refractivity contribution in [3.63, 3.8) is 0 Å². The van der Waals surface area contributed by atoms with Gasteiger partial charge in [0.05, 0.1) is 0 Å². The predicted molar refractivity (Wildman–Crippen MR) is 70.0 cm³/mol. The van der Waals surface area contributed by atoms with Gasteiger partial charge in [-0.25, -0.2) is 0 Å². The summed E-state index contributed by atoms with van der Waals surface area (Å²) in [7, 11) is 0. The van der Waals surface area contributed by atoms with E-state index in [4.69, 9.17) is 16.3 Å². The summed E-state index contributed by atoms with van der Waals surface area (Å²) in [6, 6.07) is 18.3. The Balaban J connectivity index is 0.000000686. The number of hydrogen-bond donors (Lipinski definition) is 0. The van der Waals surface area contributed by atoms with Crippen molar-refractivity contribution in [1.29, 1.82) is 0 Å². The Morgan fingerprint density at radius 3 is 2.41 bits per heavy atom. The maximum absolute atomic E-state index is 5.74. The molecule has 0 spiro atoms. The van der Waals surface area contributed by atoms with Gasteiger partial charge in [-0.1, -0.05) is 35.4 Å². The number of benzene rings is 2. The molecule has 0 aliphatic rings. The molecule has 0 radical (unpaired) electrons. The van der Waals surface area contributed by atoms with Crippen LogP contribution in [0.5, 0.6) is 5.75 Å². The van der Waals surface area contributed by atoms with Gasteiger partial charge in [0.15, 0.2) is 0 Å². The molecule has 0 unspecified atom stereocenters. The SMILES string of the molecule is Clc1c[c-]c(OCc2ccccc2)cc1.[Zn+][Br]. The van der Waals surface area contributed by atoms with Crippen LogP contribution < -0.4 is 4.74 Å². The van der Waals surface area contributed by atoms with Gasteiger partial charge < -0.3 is 4.74 Å². The first-order valence-corrected chi connectivity index (χ1v) is 12.3. The summed E-state index contributed by atoms with van der Waals surface area (Å²) in [6.07, 6.45) is 0. The molecule has 0 N–H and O–H groups in total. The number of rotatable bonds is 3. The monoisotopic (exact) mass is 360 g/mol. The number of hydrogen-bond acceptors (Lipinski definition) is 1. The van der Waals surface area contributed by atoms with Gasteiger partial charge in [0.1, 0.15) is 6.61 Å². The molecule has 0 aliphatic heterocycles. The normalized spacial score (nSPS) is 9.18. The van der Waals surface area contributed by atoms with Crippen molar-refractivity contribution in [2.45, 2.75) is 6.61 Å². The minimum absolute atomic E-state index is 0.555. The average molecular weight is 363 g/mol. The molecule has 17 heavy (non-hydrogen) atoms. The second-order valence-corrected chi connectivity index (χ2v) is 3.58. The van der Waals surface area contributed by atoms with Crippen LogP contribution in [0.15, 0.2) is 48.5 Å². The summed E-state index contributed by atoms with van der Waals surface area (Å²) in [6.45, 7) is 0.555. The van der Waals surface area contributed by atoms with Crippen LogP contribution in [-0.4, -0.2) is 0 Å². The average Bonchev–Trinajstić information content (AvgIpc) is 2.42. The summed E-state index contributed by atoms with van der Waals surface area (Å²) >= 11 is 9.99. The van der Waals surface area contributed by atoms with Crippen LogP contribution in [0.1, 0.15) is 5.56 Å². The Kier molecular flexibility index (Phi) is 7.51. The zero-order chi connectivity index (χ0) is 12.5. The van der Waals surface area contributed by atoms with Crippen molar-refractivity contribution >= 4 is 25.2 Å². The van der Waals surface area contributed by atoms with Crippen molar-refractivity contribution in [3.05, 3.63) is 65.2 Å². The van der Waals surface area contributed by atoms with Crippen molar-refractivity contribution in [2.75, 3.05) is 0 Å². The molecule has 0 aromatic heterocycles. The van der Waals surface area contributed by atoms with Crippen molar-refractivity contribution in [1.82, 2.24) is 0 Å². The Morgan fingerprint density at radius 1 is 1.12 bits per heavy atom. The molecule has 84 valence electrons. The Hall–Kier alpha value is -0.367. The summed E-state index contributed by atoms with van der Waals surface area (Å²) in [5.41, 5.74) is 1.14. The maximum atomic E-state index is 5.74. The van der Waals surface area contributed by atoms with Gasteiger partial charge in [0.2, 0.25) is 0 Å². The number of ether oxygens (including phenoxy) is 1. The summed E-state index contributed by atoms with van der Waals surface area (Å²) in [5, 5.41) is 0.669. The van der Waals surface area contributed by atoms with Crippen LogP contribution in [0, 0.1) is 6.07 Å². The molecule has 0 aliphatic carbocycles. The van der Waals surface area contributed by atoms with Crippen LogP contribution >= 0.6 is 25.2 Å². The standard InChI is InChI=1S/C13H10ClO.BrH.Zn/c14-12-6-8-13(9-7-12)15-10-11-4-2-1-3-5-11;;/h1-8H,10H2;1H;/q-1;;+2/p-1. The van der Waals surface area contributed by atoms with Gasteiger partial charge in [-0.15, -0.1) is 12.1 Å². The van der Waals surface area contributed by atoms with E-state index in [1.807, 2.05) is 36.4 Å². The Labute approximate surface area is 123 Å². The van der Waals surface area contributed by atoms with Crippen LogP contribution in [0.2, 0.25) is 5.02 Å². The third kappa shape index (κ3) is 5.67. The molecule has 0 bridgehead atoms. The first kappa shape index (κ1) is 14.7. The van der Waals surface area contributed by atoms with Gasteiger partial charge in [-0.05, 0) is 5.56 Å². The van der Waals surface area contributed by atoms with E-state index in [1.165, 1.54) is 16.3 Å². The van der Waals surface area contributed by atoms with Gasteiger partial charge in [0, 0.05) is 5.75 Å². The molecule has 2 aromatic carbocycles. The van der Waals surface area contributed by atoms with E-state index in [9.17, 15) is 0 Å². The second kappa shape index (κ2) is 8.68. The van der Waals surface area contributed by atoms with Crippen molar-refractivity contribution < 1.29 is 21.1 Å². The summed E-state index contributed by atoms with van der Waals surface area (Å²) in [5.74, 6) is 0.711. The molecule has 0 heterocycles. The predicted octanol–water partition coefficient (Wildman–Crippen LogP) is 4.56. The molecular weight excluding hydrogens is 353 g/mol. The summed E-state index contributed by atoms with van der Waals surface area (Å²) < 4.78 is 5.53. The minimum atomic E-state index is 0.555. The van der Waals surface area contributed by atoms with E-state index in [0.717, 1.165) is 5.56 Å². The van der Waals surface area contributed by atoms with Crippen molar-refractivity contribution in [2.24, 2.45) is 0 Å². The molecular formula is C13H10BrClOZn. The van der Waals surface area contributed by atoms with E-state index in [0.29, 0.717) is 17.4 Å². The Morgan fingerprint density at radius 2 is 1.82 bits per heavy atom. The third-order valence-corrected chi connectivity index (χ3v) is 2.22. The molecule has 0 atom stereocenters. The first-order chi connectivity index (χ1) is 8.34. The fraction of sp³-hybridized carbons (Fsp3) is 0.0769. The zero-order valence-electron chi connectivity index (χ0n) is 9.20. The molecule has 0 fully saturated rings. The van der Waals surface area contributed by atoms with Gasteiger partial charge in [0.25, 0.3) is 0 Å². The first-order valence-electron chi connectivity index (χ1n) is 4.95. The quantitative estimate of drug-likeness (QED) is 0.574. The van der Waals surface area contributed by atoms with Gasteiger partial charge in [-0.2, -0.15) is 23.7 Å². The second-order valence-electron chi connectivity index (χ2n) is 3.15. The third-order valence-electron chi connectivity index (χ3n) is 1.98. The van der Waals surface area contributed by atoms with E-state index in [1.54, 1.807) is 12.1 Å². The van der Waals surface area contributed by atoms with Gasteiger partial charge >= 0.3 is 30.0 Å². The molecule has 2 rings (SSSR count). The molecule has 0 saturated heterocycles. The zero-order valence-corrected chi connectivity index (χ0v) is 14.5. The molecule has 0 saturated carbocycles. The molecule has 0 amide bonds. The van der Waals surface area contributed by atoms with Crippen molar-refractivity contribution in [3.8, 4) is 5.75 Å². The molecule has 1 nitrogen and oxygen atoms in total. The topological polar surface area (TPSA) is 9.23 Å². The molecule has 2 aromatic rings. The molecule has 4 heteroatoms. The van der Waals surface area contributed by atoms with E-state index in [2.05, 4.69) is 19.7 Å². The Bertz CT molecular complexity index is 419. The van der Waals surface area contributed by atoms with Gasteiger partial charge in [-0.3, -0.25) is 0 Å². The number of halogens is 2. The van der Waals surface area contributed by atoms with Crippen LogP contribution in [0.25, 0.3) is 0 Å². The van der Waals surface area contributed by atoms with Crippen LogP contribution in [-0.2, 0) is 22.9 Å². The van der Waals surface area contributed by atoms with E-state index in [-0.39, 0.29) is 0 Å². The fourth-order valence-electron chi connectivity index (χ4n) is 1.22. The van der Waals surface area contributed by atoms with E-state index < -0.39 is 0 Å². The van der Waals surface area contributed by atoms with E-state index >= 15 is 0 Å². The van der Waals surface area contributed by atoms with Crippen LogP contribution in [0.3, 0.4) is 0 Å². The van der Waals surface area contributed by atoms with Crippen LogP contribution in [0.4, 0.5) is 0 Å². The fourth-order valence-corrected chi connectivity index (χ4v) is 1.33. The summed E-state index contributed by atoms with van der Waals surface area (Å²) in [4.78, 5) is 0.